The number of amides is 1. The molecule has 176 valence electrons. The van der Waals surface area contributed by atoms with Crippen LogP contribution in [0, 0.1) is 11.3 Å². The molecule has 1 amide bonds. The topological polar surface area (TPSA) is 64.4 Å². The fraction of sp³-hybridized carbons (Fsp3) is 0.308. The molecule has 4 rings (SSSR count). The van der Waals surface area contributed by atoms with E-state index in [1.54, 1.807) is 17.0 Å². The fourth-order valence-corrected chi connectivity index (χ4v) is 6.07. The second-order valence-corrected chi connectivity index (χ2v) is 11.0. The average Bonchev–Trinajstić information content (AvgIpc) is 2.94. The van der Waals surface area contributed by atoms with Crippen LogP contribution in [-0.4, -0.2) is 59.4 Å². The molecule has 0 N–H and O–H groups in total. The highest BCUT2D eigenvalue weighted by atomic mass is 35.5. The molecule has 0 saturated heterocycles. The minimum atomic E-state index is -1.45. The number of nitriles is 1. The first-order valence-electron chi connectivity index (χ1n) is 11.0. The predicted octanol–water partition coefficient (Wildman–Crippen LogP) is 5.32. The van der Waals surface area contributed by atoms with Crippen LogP contribution < -0.4 is 0 Å². The number of fused-ring (bicyclic) bond motifs is 3. The molecule has 0 unspecified atom stereocenters. The summed E-state index contributed by atoms with van der Waals surface area (Å²) in [5, 5.41) is 12.2. The third-order valence-corrected chi connectivity index (χ3v) is 8.35. The molecule has 2 atom stereocenters. The van der Waals surface area contributed by atoms with Gasteiger partial charge in [0.2, 0.25) is 0 Å². The van der Waals surface area contributed by atoms with Gasteiger partial charge in [-0.15, -0.1) is 0 Å². The van der Waals surface area contributed by atoms with Gasteiger partial charge in [-0.2, -0.15) is 5.26 Å². The smallest absolute Gasteiger partial charge is 0.255 e. The van der Waals surface area contributed by atoms with Crippen LogP contribution in [0.3, 0.4) is 0 Å². The second kappa shape index (κ2) is 10.5. The van der Waals surface area contributed by atoms with E-state index in [-0.39, 0.29) is 17.6 Å². The van der Waals surface area contributed by atoms with E-state index in [4.69, 9.17) is 23.2 Å². The Hall–Kier alpha value is -2.43. The second-order valence-electron chi connectivity index (χ2n) is 8.72. The summed E-state index contributed by atoms with van der Waals surface area (Å²) in [4.78, 5) is 18.2. The summed E-state index contributed by atoms with van der Waals surface area (Å²) in [6, 6.07) is 16.9. The van der Waals surface area contributed by atoms with Crippen LogP contribution in [0.1, 0.15) is 33.8 Å². The van der Waals surface area contributed by atoms with Crippen LogP contribution in [0.2, 0.25) is 10.0 Å². The first kappa shape index (κ1) is 24.7. The van der Waals surface area contributed by atoms with Crippen molar-refractivity contribution in [2.75, 3.05) is 39.5 Å². The van der Waals surface area contributed by atoms with Crippen molar-refractivity contribution in [3.05, 3.63) is 75.3 Å². The minimum absolute atomic E-state index is 0.0153. The maximum atomic E-state index is 13.9. The fourth-order valence-electron chi connectivity index (χ4n) is 4.40. The third-order valence-electron chi connectivity index (χ3n) is 6.18. The highest BCUT2D eigenvalue weighted by Crippen LogP contribution is 2.34. The first-order chi connectivity index (χ1) is 16.3. The number of halogens is 2. The lowest BCUT2D eigenvalue weighted by Gasteiger charge is -2.28. The lowest BCUT2D eigenvalue weighted by atomic mass is 9.94. The van der Waals surface area contributed by atoms with E-state index in [1.807, 2.05) is 50.5 Å². The van der Waals surface area contributed by atoms with Crippen molar-refractivity contribution < 1.29 is 9.00 Å². The zero-order valence-corrected chi connectivity index (χ0v) is 21.4. The maximum Gasteiger partial charge on any atom is 0.255 e. The summed E-state index contributed by atoms with van der Waals surface area (Å²) in [5.74, 6) is 0.110. The molecule has 8 heteroatoms. The van der Waals surface area contributed by atoms with Gasteiger partial charge in [-0.05, 0) is 61.6 Å². The molecular weight excluding hydrogens is 489 g/mol. The van der Waals surface area contributed by atoms with Crippen molar-refractivity contribution in [3.63, 3.8) is 0 Å². The number of carbonyl (C=O) groups excluding carboxylic acids is 1. The van der Waals surface area contributed by atoms with Gasteiger partial charge in [0.25, 0.3) is 5.91 Å². The summed E-state index contributed by atoms with van der Waals surface area (Å²) in [6.07, 6.45) is 0.809. The summed E-state index contributed by atoms with van der Waals surface area (Å²) >= 11 is 12.5. The van der Waals surface area contributed by atoms with E-state index in [0.717, 1.165) is 29.3 Å². The Balaban J connectivity index is 1.77. The highest BCUT2D eigenvalue weighted by Gasteiger charge is 2.32. The third kappa shape index (κ3) is 4.99. The monoisotopic (exact) mass is 513 g/mol. The van der Waals surface area contributed by atoms with Gasteiger partial charge in [-0.25, -0.2) is 0 Å². The van der Waals surface area contributed by atoms with E-state index in [2.05, 4.69) is 11.0 Å². The largest absolute Gasteiger partial charge is 0.337 e. The molecule has 0 aliphatic carbocycles. The number of nitrogens with zero attached hydrogens (tertiary/aromatic N) is 3. The average molecular weight is 514 g/mol. The molecule has 1 aliphatic heterocycles. The lowest BCUT2D eigenvalue weighted by Crippen LogP contribution is -2.36. The van der Waals surface area contributed by atoms with Gasteiger partial charge in [-0.3, -0.25) is 9.00 Å². The van der Waals surface area contributed by atoms with Crippen LogP contribution >= 0.6 is 23.2 Å². The molecular formula is C26H25Cl2N3O2S. The van der Waals surface area contributed by atoms with Crippen molar-refractivity contribution in [3.8, 4) is 6.07 Å². The van der Waals surface area contributed by atoms with E-state index < -0.39 is 10.8 Å². The molecule has 0 spiro atoms. The summed E-state index contributed by atoms with van der Waals surface area (Å²) in [7, 11) is 2.57. The van der Waals surface area contributed by atoms with Crippen molar-refractivity contribution in [2.45, 2.75) is 17.2 Å². The van der Waals surface area contributed by atoms with Crippen molar-refractivity contribution in [2.24, 2.45) is 0 Å². The number of hydrogen-bond donors (Lipinski definition) is 0. The highest BCUT2D eigenvalue weighted by molar-refractivity contribution is 7.85. The van der Waals surface area contributed by atoms with Crippen LogP contribution in [0.4, 0.5) is 0 Å². The zero-order chi connectivity index (χ0) is 24.4. The quantitative estimate of drug-likeness (QED) is 0.447. The molecule has 3 aromatic carbocycles. The Morgan fingerprint density at radius 2 is 1.91 bits per heavy atom. The van der Waals surface area contributed by atoms with Gasteiger partial charge in [0, 0.05) is 24.8 Å². The van der Waals surface area contributed by atoms with Gasteiger partial charge < -0.3 is 9.80 Å². The van der Waals surface area contributed by atoms with E-state index in [1.165, 1.54) is 0 Å². The van der Waals surface area contributed by atoms with Gasteiger partial charge in [0.05, 0.1) is 36.9 Å². The van der Waals surface area contributed by atoms with E-state index >= 15 is 0 Å². The van der Waals surface area contributed by atoms with Gasteiger partial charge in [0.15, 0.2) is 0 Å². The summed E-state index contributed by atoms with van der Waals surface area (Å²) in [6.45, 7) is 1.63. The first-order valence-corrected chi connectivity index (χ1v) is 13.1. The van der Waals surface area contributed by atoms with E-state index in [0.29, 0.717) is 39.2 Å². The van der Waals surface area contributed by atoms with Gasteiger partial charge in [0.1, 0.15) is 6.07 Å². The van der Waals surface area contributed by atoms with Gasteiger partial charge >= 0.3 is 0 Å². The lowest BCUT2D eigenvalue weighted by molar-refractivity contribution is 0.0754. The van der Waals surface area contributed by atoms with Crippen LogP contribution in [0.5, 0.6) is 0 Å². The normalized spacial score (nSPS) is 16.9. The standard InChI is InChI=1S/C26H25Cl2N3O2S/c1-30(2)10-9-19(17-7-8-22(27)23(28)14-17)16-31-11-12-34(33)25-20(15-29)13-18-5-3-4-6-21(18)24(25)26(31)32/h3-8,13-14,19H,9-12,16H2,1-2H3/t19-,34-/m1/s1. The molecule has 1 aliphatic rings. The zero-order valence-electron chi connectivity index (χ0n) is 19.1. The molecule has 0 saturated carbocycles. The Kier molecular flexibility index (Phi) is 7.59. The summed E-state index contributed by atoms with van der Waals surface area (Å²) in [5.41, 5.74) is 1.69. The van der Waals surface area contributed by atoms with E-state index in [9.17, 15) is 14.3 Å². The molecule has 0 radical (unpaired) electrons. The predicted molar refractivity (Wildman–Crippen MR) is 138 cm³/mol. The van der Waals surface area contributed by atoms with Crippen LogP contribution in [0.25, 0.3) is 10.8 Å². The summed E-state index contributed by atoms with van der Waals surface area (Å²) < 4.78 is 13.2. The minimum Gasteiger partial charge on any atom is -0.337 e. The molecule has 34 heavy (non-hydrogen) atoms. The maximum absolute atomic E-state index is 13.9. The molecule has 0 fully saturated rings. The van der Waals surface area contributed by atoms with Crippen molar-refractivity contribution >= 4 is 50.7 Å². The molecule has 0 aromatic heterocycles. The number of hydrogen-bond acceptors (Lipinski definition) is 4. The molecule has 3 aromatic rings. The van der Waals surface area contributed by atoms with Crippen molar-refractivity contribution in [1.82, 2.24) is 9.80 Å². The Labute approximate surface area is 212 Å². The van der Waals surface area contributed by atoms with Crippen LogP contribution in [-0.2, 0) is 10.8 Å². The molecule has 1 heterocycles. The SMILES string of the molecule is CN(C)CC[C@H](CN1CC[S@@](=O)c2c(C#N)cc3ccccc3c2C1=O)c1ccc(Cl)c(Cl)c1. The number of rotatable bonds is 6. The Bertz CT molecular complexity index is 1320. The molecule has 0 bridgehead atoms. The Morgan fingerprint density at radius 3 is 2.62 bits per heavy atom. The van der Waals surface area contributed by atoms with Crippen molar-refractivity contribution in [1.29, 1.82) is 5.26 Å². The van der Waals surface area contributed by atoms with Crippen LogP contribution in [0.15, 0.2) is 53.4 Å². The van der Waals surface area contributed by atoms with Gasteiger partial charge in [-0.1, -0.05) is 53.5 Å². The molecule has 5 nitrogen and oxygen atoms in total. The number of benzene rings is 3. The Morgan fingerprint density at radius 1 is 1.15 bits per heavy atom. The number of carbonyl (C=O) groups is 1.